The van der Waals surface area contributed by atoms with E-state index in [0.717, 1.165) is 11.5 Å². The molecule has 1 aromatic heterocycles. The first-order chi connectivity index (χ1) is 9.01. The van der Waals surface area contributed by atoms with Crippen LogP contribution in [0.25, 0.3) is 0 Å². The number of nitrogens with two attached hydrogens (primary N) is 1. The molecule has 1 rings (SSSR count). The van der Waals surface area contributed by atoms with Crippen molar-refractivity contribution in [1.82, 2.24) is 4.37 Å². The molecule has 7 heteroatoms. The van der Waals surface area contributed by atoms with Crippen molar-refractivity contribution in [3.63, 3.8) is 0 Å². The zero-order valence-electron chi connectivity index (χ0n) is 11.7. The maximum Gasteiger partial charge on any atom is 0.344 e. The summed E-state index contributed by atoms with van der Waals surface area (Å²) in [6.45, 7) is 6.75. The minimum atomic E-state index is -0.448. The summed E-state index contributed by atoms with van der Waals surface area (Å²) in [5.74, 6) is 0.0976. The van der Waals surface area contributed by atoms with E-state index in [1.807, 2.05) is 0 Å². The topological polar surface area (TPSA) is 86.5 Å². The Balaban J connectivity index is 2.91. The maximum absolute atomic E-state index is 11.8. The third-order valence-corrected chi connectivity index (χ3v) is 3.46. The number of esters is 1. The molecule has 0 saturated heterocycles. The van der Waals surface area contributed by atoms with Gasteiger partial charge in [-0.1, -0.05) is 13.8 Å². The van der Waals surface area contributed by atoms with Gasteiger partial charge in [0.15, 0.2) is 5.82 Å². The van der Waals surface area contributed by atoms with Crippen molar-refractivity contribution < 1.29 is 14.3 Å². The highest BCUT2D eigenvalue weighted by Crippen LogP contribution is 2.29. The van der Waals surface area contributed by atoms with Gasteiger partial charge in [0.25, 0.3) is 0 Å². The van der Waals surface area contributed by atoms with Gasteiger partial charge in [0.2, 0.25) is 0 Å². The van der Waals surface area contributed by atoms with Gasteiger partial charge in [-0.25, -0.2) is 4.79 Å². The molecule has 0 spiro atoms. The van der Waals surface area contributed by atoms with Crippen LogP contribution in [0.15, 0.2) is 0 Å². The lowest BCUT2D eigenvalue weighted by molar-refractivity contribution is 0.0529. The predicted octanol–water partition coefficient (Wildman–Crippen LogP) is 1.98. The molecule has 108 valence electrons. The molecule has 3 N–H and O–H groups in total. The highest BCUT2D eigenvalue weighted by Gasteiger charge is 2.23. The van der Waals surface area contributed by atoms with Crippen molar-refractivity contribution in [2.24, 2.45) is 5.92 Å². The van der Waals surface area contributed by atoms with E-state index >= 15 is 0 Å². The van der Waals surface area contributed by atoms with Gasteiger partial charge in [-0.15, -0.1) is 0 Å². The third-order valence-electron chi connectivity index (χ3n) is 2.67. The summed E-state index contributed by atoms with van der Waals surface area (Å²) in [4.78, 5) is 11.8. The Labute approximate surface area is 117 Å². The number of hydrogen-bond acceptors (Lipinski definition) is 7. The van der Waals surface area contributed by atoms with E-state index in [4.69, 9.17) is 15.2 Å². The van der Waals surface area contributed by atoms with Crippen LogP contribution in [0, 0.1) is 5.92 Å². The number of carbonyl (C=O) groups is 1. The van der Waals surface area contributed by atoms with Gasteiger partial charge < -0.3 is 20.5 Å². The van der Waals surface area contributed by atoms with Gasteiger partial charge in [0.1, 0.15) is 10.6 Å². The summed E-state index contributed by atoms with van der Waals surface area (Å²) < 4.78 is 14.2. The SMILES string of the molecule is CCOC(=O)c1c(N)nsc1NC(COC)C(C)C. The first-order valence-electron chi connectivity index (χ1n) is 6.18. The molecule has 0 amide bonds. The van der Waals surface area contributed by atoms with Crippen LogP contribution in [-0.4, -0.2) is 36.7 Å². The predicted molar refractivity (Wildman–Crippen MR) is 76.6 cm³/mol. The largest absolute Gasteiger partial charge is 0.462 e. The van der Waals surface area contributed by atoms with Crippen molar-refractivity contribution in [1.29, 1.82) is 0 Å². The van der Waals surface area contributed by atoms with E-state index in [9.17, 15) is 4.79 Å². The molecule has 0 fully saturated rings. The third kappa shape index (κ3) is 4.07. The van der Waals surface area contributed by atoms with E-state index in [0.29, 0.717) is 29.7 Å². The molecule has 0 aliphatic heterocycles. The summed E-state index contributed by atoms with van der Waals surface area (Å²) in [5.41, 5.74) is 6.04. The summed E-state index contributed by atoms with van der Waals surface area (Å²) in [5, 5.41) is 3.89. The number of nitrogens with zero attached hydrogens (tertiary/aromatic N) is 1. The average molecular weight is 287 g/mol. The molecule has 0 aliphatic rings. The Kier molecular flexibility index (Phi) is 6.04. The Bertz CT molecular complexity index is 420. The molecule has 0 aliphatic carbocycles. The number of ether oxygens (including phenoxy) is 2. The quantitative estimate of drug-likeness (QED) is 0.746. The molecule has 6 nitrogen and oxygen atoms in total. The Morgan fingerprint density at radius 1 is 1.53 bits per heavy atom. The van der Waals surface area contributed by atoms with Gasteiger partial charge in [-0.2, -0.15) is 4.37 Å². The van der Waals surface area contributed by atoms with E-state index in [1.165, 1.54) is 0 Å². The van der Waals surface area contributed by atoms with Crippen LogP contribution in [0.2, 0.25) is 0 Å². The summed E-state index contributed by atoms with van der Waals surface area (Å²) in [7, 11) is 1.64. The molecular formula is C12H21N3O3S. The zero-order chi connectivity index (χ0) is 14.4. The first kappa shape index (κ1) is 15.7. The second-order valence-corrected chi connectivity index (χ2v) is 5.22. The molecule has 1 aromatic rings. The minimum absolute atomic E-state index is 0.0815. The Morgan fingerprint density at radius 2 is 2.21 bits per heavy atom. The minimum Gasteiger partial charge on any atom is -0.462 e. The van der Waals surface area contributed by atoms with Gasteiger partial charge >= 0.3 is 5.97 Å². The van der Waals surface area contributed by atoms with E-state index in [1.54, 1.807) is 14.0 Å². The Morgan fingerprint density at radius 3 is 2.74 bits per heavy atom. The second kappa shape index (κ2) is 7.30. The fraction of sp³-hybridized carbons (Fsp3) is 0.667. The van der Waals surface area contributed by atoms with Crippen LogP contribution >= 0.6 is 11.5 Å². The standard InChI is InChI=1S/C12H21N3O3S/c1-5-18-12(16)9-10(13)15-19-11(9)14-8(6-17-4)7(2)3/h7-8,14H,5-6H2,1-4H3,(H2,13,15). The molecule has 1 atom stereocenters. The molecule has 0 radical (unpaired) electrons. The van der Waals surface area contributed by atoms with Gasteiger partial charge in [-0.3, -0.25) is 0 Å². The number of aromatic nitrogens is 1. The van der Waals surface area contributed by atoms with Crippen LogP contribution in [0.5, 0.6) is 0 Å². The number of anilines is 2. The maximum atomic E-state index is 11.8. The monoisotopic (exact) mass is 287 g/mol. The van der Waals surface area contributed by atoms with Crippen molar-refractivity contribution in [2.45, 2.75) is 26.8 Å². The molecule has 0 saturated carbocycles. The molecule has 0 aromatic carbocycles. The highest BCUT2D eigenvalue weighted by atomic mass is 32.1. The summed E-state index contributed by atoms with van der Waals surface area (Å²) >= 11 is 1.16. The van der Waals surface area contributed by atoms with Crippen LogP contribution in [0.3, 0.4) is 0 Å². The van der Waals surface area contributed by atoms with Crippen molar-refractivity contribution in [2.75, 3.05) is 31.4 Å². The number of nitrogen functional groups attached to an aromatic ring is 1. The van der Waals surface area contributed by atoms with Crippen LogP contribution in [0.1, 0.15) is 31.1 Å². The van der Waals surface area contributed by atoms with Crippen LogP contribution in [-0.2, 0) is 9.47 Å². The fourth-order valence-corrected chi connectivity index (χ4v) is 2.31. The molecular weight excluding hydrogens is 266 g/mol. The zero-order valence-corrected chi connectivity index (χ0v) is 12.5. The normalized spacial score (nSPS) is 12.5. The second-order valence-electron chi connectivity index (χ2n) is 4.44. The molecule has 0 bridgehead atoms. The number of hydrogen-bond donors (Lipinski definition) is 2. The number of methoxy groups -OCH3 is 1. The molecule has 19 heavy (non-hydrogen) atoms. The summed E-state index contributed by atoms with van der Waals surface area (Å²) in [6.07, 6.45) is 0. The average Bonchev–Trinajstić information content (AvgIpc) is 2.70. The van der Waals surface area contributed by atoms with Gasteiger partial charge in [0, 0.05) is 7.11 Å². The van der Waals surface area contributed by atoms with E-state index in [2.05, 4.69) is 23.5 Å². The lowest BCUT2D eigenvalue weighted by atomic mass is 10.1. The van der Waals surface area contributed by atoms with Gasteiger partial charge in [-0.05, 0) is 24.4 Å². The van der Waals surface area contributed by atoms with Crippen LogP contribution < -0.4 is 11.1 Å². The fourth-order valence-electron chi connectivity index (χ4n) is 1.55. The van der Waals surface area contributed by atoms with Crippen molar-refractivity contribution in [3.05, 3.63) is 5.56 Å². The van der Waals surface area contributed by atoms with Gasteiger partial charge in [0.05, 0.1) is 19.3 Å². The van der Waals surface area contributed by atoms with E-state index in [-0.39, 0.29) is 11.9 Å². The molecule has 1 unspecified atom stereocenters. The van der Waals surface area contributed by atoms with Crippen molar-refractivity contribution >= 4 is 28.3 Å². The van der Waals surface area contributed by atoms with Crippen molar-refractivity contribution in [3.8, 4) is 0 Å². The van der Waals surface area contributed by atoms with E-state index < -0.39 is 5.97 Å². The highest BCUT2D eigenvalue weighted by molar-refractivity contribution is 7.11. The number of carbonyl (C=O) groups excluding carboxylic acids is 1. The smallest absolute Gasteiger partial charge is 0.344 e. The summed E-state index contributed by atoms with van der Waals surface area (Å²) in [6, 6.07) is 0.0815. The lowest BCUT2D eigenvalue weighted by Crippen LogP contribution is -2.30. The molecule has 1 heterocycles. The van der Waals surface area contributed by atoms with Crippen LogP contribution in [0.4, 0.5) is 10.8 Å². The Hall–Kier alpha value is -1.34. The number of rotatable bonds is 7. The first-order valence-corrected chi connectivity index (χ1v) is 6.96. The lowest BCUT2D eigenvalue weighted by Gasteiger charge is -2.22. The number of nitrogens with one attached hydrogen (secondary N) is 1.